The molecule has 102 valence electrons. The molecule has 0 spiro atoms. The molecule has 0 saturated carbocycles. The Kier molecular flexibility index (Phi) is 3.89. The van der Waals surface area contributed by atoms with Gasteiger partial charge in [-0.25, -0.2) is 4.79 Å². The quantitative estimate of drug-likeness (QED) is 0.833. The normalized spacial score (nSPS) is 10.9. The number of aryl methyl sites for hydroxylation is 2. The first-order valence-electron chi connectivity index (χ1n) is 6.28. The number of phenolic OH excluding ortho intramolecular Hbond substituents is 1. The number of carbonyl (C=O) groups is 1. The third kappa shape index (κ3) is 3.48. The summed E-state index contributed by atoms with van der Waals surface area (Å²) >= 11 is 0. The van der Waals surface area contributed by atoms with Crippen LogP contribution in [-0.2, 0) is 4.79 Å². The van der Waals surface area contributed by atoms with E-state index in [0.29, 0.717) is 5.56 Å². The van der Waals surface area contributed by atoms with E-state index in [1.54, 1.807) is 6.07 Å². The molecule has 0 fully saturated rings. The Morgan fingerprint density at radius 3 is 2.15 bits per heavy atom. The minimum Gasteiger partial charge on any atom is -0.508 e. The van der Waals surface area contributed by atoms with Gasteiger partial charge in [-0.1, -0.05) is 29.3 Å². The zero-order chi connectivity index (χ0) is 14.7. The Hall–Kier alpha value is -2.55. The van der Waals surface area contributed by atoms with E-state index < -0.39 is 5.97 Å². The van der Waals surface area contributed by atoms with Gasteiger partial charge in [0.05, 0.1) is 0 Å². The van der Waals surface area contributed by atoms with Gasteiger partial charge in [0.15, 0.2) is 0 Å². The van der Waals surface area contributed by atoms with Crippen molar-refractivity contribution in [1.82, 2.24) is 0 Å². The molecule has 0 radical (unpaired) electrons. The lowest BCUT2D eigenvalue weighted by Gasteiger charge is -2.07. The minimum absolute atomic E-state index is 0.117. The highest BCUT2D eigenvalue weighted by atomic mass is 16.4. The Balaban J connectivity index is 2.49. The van der Waals surface area contributed by atoms with Crippen molar-refractivity contribution in [3.05, 3.63) is 59.2 Å². The van der Waals surface area contributed by atoms with Gasteiger partial charge in [0.2, 0.25) is 0 Å². The van der Waals surface area contributed by atoms with E-state index in [9.17, 15) is 9.90 Å². The minimum atomic E-state index is -1.01. The topological polar surface area (TPSA) is 57.5 Å². The highest BCUT2D eigenvalue weighted by Gasteiger charge is 2.03. The van der Waals surface area contributed by atoms with Crippen LogP contribution < -0.4 is 0 Å². The molecule has 2 N–H and O–H groups in total. The monoisotopic (exact) mass is 268 g/mol. The molecule has 20 heavy (non-hydrogen) atoms. The lowest BCUT2D eigenvalue weighted by atomic mass is 9.98. The number of phenols is 1. The van der Waals surface area contributed by atoms with Gasteiger partial charge in [-0.05, 0) is 54.8 Å². The summed E-state index contributed by atoms with van der Waals surface area (Å²) in [5.74, 6) is -0.895. The van der Waals surface area contributed by atoms with Crippen molar-refractivity contribution in [2.24, 2.45) is 0 Å². The number of carboxylic acids is 1. The van der Waals surface area contributed by atoms with Crippen LogP contribution in [0.5, 0.6) is 5.75 Å². The highest BCUT2D eigenvalue weighted by molar-refractivity contribution is 5.86. The number of aromatic hydroxyl groups is 1. The fourth-order valence-corrected chi connectivity index (χ4v) is 2.21. The molecule has 0 amide bonds. The van der Waals surface area contributed by atoms with Gasteiger partial charge < -0.3 is 10.2 Å². The largest absolute Gasteiger partial charge is 0.508 e. The zero-order valence-electron chi connectivity index (χ0n) is 11.4. The zero-order valence-corrected chi connectivity index (χ0v) is 11.4. The molecular formula is C17H16O3. The molecule has 2 aromatic carbocycles. The van der Waals surface area contributed by atoms with Gasteiger partial charge in [0.1, 0.15) is 5.75 Å². The summed E-state index contributed by atoms with van der Waals surface area (Å²) in [6, 6.07) is 11.2. The molecule has 2 aromatic rings. The standard InChI is InChI=1S/C17H16O3/c1-11-5-12(2)7-14(6-11)15-8-13(3-4-17(19)20)9-16(18)10-15/h3-10,18H,1-2H3,(H,19,20). The molecule has 2 rings (SSSR count). The Labute approximate surface area is 117 Å². The summed E-state index contributed by atoms with van der Waals surface area (Å²) in [5, 5.41) is 18.4. The Bertz CT molecular complexity index is 664. The lowest BCUT2D eigenvalue weighted by Crippen LogP contribution is -1.87. The van der Waals surface area contributed by atoms with Crippen LogP contribution in [0.3, 0.4) is 0 Å². The van der Waals surface area contributed by atoms with Gasteiger partial charge >= 0.3 is 5.97 Å². The third-order valence-electron chi connectivity index (χ3n) is 2.91. The summed E-state index contributed by atoms with van der Waals surface area (Å²) in [5.41, 5.74) is 4.81. The SMILES string of the molecule is Cc1cc(C)cc(-c2cc(O)cc(C=CC(=O)O)c2)c1. The average molecular weight is 268 g/mol. The molecule has 0 unspecified atom stereocenters. The molecule has 0 heterocycles. The van der Waals surface area contributed by atoms with Crippen molar-refractivity contribution >= 4 is 12.0 Å². The first kappa shape index (κ1) is 13.9. The maximum atomic E-state index is 10.6. The number of carboxylic acid groups (broad SMARTS) is 1. The van der Waals surface area contributed by atoms with Crippen molar-refractivity contribution in [1.29, 1.82) is 0 Å². The molecule has 0 atom stereocenters. The van der Waals surface area contributed by atoms with Crippen LogP contribution in [-0.4, -0.2) is 16.2 Å². The van der Waals surface area contributed by atoms with Gasteiger partial charge in [0.25, 0.3) is 0 Å². The van der Waals surface area contributed by atoms with Gasteiger partial charge in [0, 0.05) is 6.08 Å². The summed E-state index contributed by atoms with van der Waals surface area (Å²) < 4.78 is 0. The number of benzene rings is 2. The van der Waals surface area contributed by atoms with Crippen molar-refractivity contribution in [3.63, 3.8) is 0 Å². The predicted octanol–water partition coefficient (Wildman–Crippen LogP) is 3.77. The first-order valence-corrected chi connectivity index (χ1v) is 6.28. The van der Waals surface area contributed by atoms with E-state index in [1.807, 2.05) is 32.0 Å². The maximum Gasteiger partial charge on any atom is 0.328 e. The second kappa shape index (κ2) is 5.61. The van der Waals surface area contributed by atoms with E-state index >= 15 is 0 Å². The fourth-order valence-electron chi connectivity index (χ4n) is 2.21. The number of aliphatic carboxylic acids is 1. The van der Waals surface area contributed by atoms with Crippen LogP contribution in [0.2, 0.25) is 0 Å². The van der Waals surface area contributed by atoms with Crippen molar-refractivity contribution < 1.29 is 15.0 Å². The molecule has 0 aliphatic rings. The van der Waals surface area contributed by atoms with Gasteiger partial charge in [-0.3, -0.25) is 0 Å². The van der Waals surface area contributed by atoms with Gasteiger partial charge in [-0.2, -0.15) is 0 Å². The molecule has 3 heteroatoms. The second-order valence-corrected chi connectivity index (χ2v) is 4.86. The van der Waals surface area contributed by atoms with Crippen LogP contribution in [0.4, 0.5) is 0 Å². The predicted molar refractivity (Wildman–Crippen MR) is 79.7 cm³/mol. The molecule has 0 aliphatic carbocycles. The van der Waals surface area contributed by atoms with Crippen LogP contribution in [0.15, 0.2) is 42.5 Å². The summed E-state index contributed by atoms with van der Waals surface area (Å²) in [6.45, 7) is 4.04. The van der Waals surface area contributed by atoms with Crippen molar-refractivity contribution in [2.45, 2.75) is 13.8 Å². The van der Waals surface area contributed by atoms with Crippen LogP contribution in [0, 0.1) is 13.8 Å². The molecule has 0 saturated heterocycles. The van der Waals surface area contributed by atoms with E-state index in [4.69, 9.17) is 5.11 Å². The van der Waals surface area contributed by atoms with E-state index in [0.717, 1.165) is 28.3 Å². The lowest BCUT2D eigenvalue weighted by molar-refractivity contribution is -0.131. The highest BCUT2D eigenvalue weighted by Crippen LogP contribution is 2.27. The fraction of sp³-hybridized carbons (Fsp3) is 0.118. The molecular weight excluding hydrogens is 252 g/mol. The molecule has 0 bridgehead atoms. The van der Waals surface area contributed by atoms with E-state index in [-0.39, 0.29) is 5.75 Å². The molecule has 3 nitrogen and oxygen atoms in total. The summed E-state index contributed by atoms with van der Waals surface area (Å²) in [6.07, 6.45) is 2.52. The van der Waals surface area contributed by atoms with Crippen LogP contribution in [0.1, 0.15) is 16.7 Å². The van der Waals surface area contributed by atoms with E-state index in [1.165, 1.54) is 12.1 Å². The Morgan fingerprint density at radius 2 is 1.55 bits per heavy atom. The number of hydrogen-bond acceptors (Lipinski definition) is 2. The summed E-state index contributed by atoms with van der Waals surface area (Å²) in [4.78, 5) is 10.6. The first-order chi connectivity index (χ1) is 9.44. The number of rotatable bonds is 3. The van der Waals surface area contributed by atoms with Crippen LogP contribution in [0.25, 0.3) is 17.2 Å². The van der Waals surface area contributed by atoms with Crippen LogP contribution >= 0.6 is 0 Å². The molecule has 0 aliphatic heterocycles. The summed E-state index contributed by atoms with van der Waals surface area (Å²) in [7, 11) is 0. The second-order valence-electron chi connectivity index (χ2n) is 4.86. The average Bonchev–Trinajstić information content (AvgIpc) is 2.34. The number of hydrogen-bond donors (Lipinski definition) is 2. The smallest absolute Gasteiger partial charge is 0.328 e. The van der Waals surface area contributed by atoms with E-state index in [2.05, 4.69) is 6.07 Å². The Morgan fingerprint density at radius 1 is 0.950 bits per heavy atom. The third-order valence-corrected chi connectivity index (χ3v) is 2.91. The van der Waals surface area contributed by atoms with Crippen molar-refractivity contribution in [2.75, 3.05) is 0 Å². The molecule has 0 aromatic heterocycles. The van der Waals surface area contributed by atoms with Gasteiger partial charge in [-0.15, -0.1) is 0 Å². The maximum absolute atomic E-state index is 10.6. The van der Waals surface area contributed by atoms with Crippen molar-refractivity contribution in [3.8, 4) is 16.9 Å².